The van der Waals surface area contributed by atoms with E-state index in [0.717, 1.165) is 0 Å². The summed E-state index contributed by atoms with van der Waals surface area (Å²) in [5, 5.41) is 0. The third-order valence-electron chi connectivity index (χ3n) is 0.545. The summed E-state index contributed by atoms with van der Waals surface area (Å²) in [6.45, 7) is 2.04. The monoisotopic (exact) mass is 212 g/mol. The molecule has 0 saturated carbocycles. The highest BCUT2D eigenvalue weighted by atomic mass is 127. The standard InChI is InChI=1S/C4H9IN2/c1-4(7-5)3-6-2/h3-4,7H,1-2H3/b6-3-/t4-/m1/s1. The molecule has 0 aliphatic heterocycles. The molecule has 0 bridgehead atoms. The summed E-state index contributed by atoms with van der Waals surface area (Å²) in [6, 6.07) is 0.394. The van der Waals surface area contributed by atoms with E-state index in [4.69, 9.17) is 0 Å². The molecule has 0 aliphatic rings. The summed E-state index contributed by atoms with van der Waals surface area (Å²) < 4.78 is 2.99. The van der Waals surface area contributed by atoms with Gasteiger partial charge in [-0.05, 0) is 6.92 Å². The second-order valence-electron chi connectivity index (χ2n) is 1.31. The van der Waals surface area contributed by atoms with Crippen LogP contribution in [-0.4, -0.2) is 19.3 Å². The van der Waals surface area contributed by atoms with Gasteiger partial charge in [0.1, 0.15) is 0 Å². The Bertz CT molecular complexity index is 62.7. The van der Waals surface area contributed by atoms with E-state index in [0.29, 0.717) is 6.04 Å². The maximum atomic E-state index is 3.81. The molecule has 0 spiro atoms. The Hall–Kier alpha value is 0.360. The van der Waals surface area contributed by atoms with Gasteiger partial charge < -0.3 is 0 Å². The van der Waals surface area contributed by atoms with Gasteiger partial charge >= 0.3 is 0 Å². The van der Waals surface area contributed by atoms with Gasteiger partial charge in [0.25, 0.3) is 0 Å². The molecule has 2 nitrogen and oxygen atoms in total. The van der Waals surface area contributed by atoms with E-state index in [-0.39, 0.29) is 0 Å². The van der Waals surface area contributed by atoms with Crippen LogP contribution in [0.3, 0.4) is 0 Å². The van der Waals surface area contributed by atoms with Crippen molar-refractivity contribution in [1.82, 2.24) is 3.53 Å². The molecule has 0 fully saturated rings. The number of nitrogens with one attached hydrogen (secondary N) is 1. The van der Waals surface area contributed by atoms with Gasteiger partial charge in [-0.3, -0.25) is 8.52 Å². The van der Waals surface area contributed by atoms with Crippen LogP contribution in [0.5, 0.6) is 0 Å². The number of nitrogens with zero attached hydrogens (tertiary/aromatic N) is 1. The number of rotatable bonds is 2. The van der Waals surface area contributed by atoms with Crippen LogP contribution in [0.15, 0.2) is 4.99 Å². The third kappa shape index (κ3) is 4.21. The van der Waals surface area contributed by atoms with Crippen molar-refractivity contribution in [3.05, 3.63) is 0 Å². The van der Waals surface area contributed by atoms with Crippen LogP contribution in [0.25, 0.3) is 0 Å². The average molecular weight is 212 g/mol. The fourth-order valence-electron chi connectivity index (χ4n) is 0.252. The van der Waals surface area contributed by atoms with E-state index in [1.807, 2.05) is 13.1 Å². The number of aliphatic imine (C=N–C) groups is 1. The fourth-order valence-corrected chi connectivity index (χ4v) is 0.413. The number of hydrogen-bond donors (Lipinski definition) is 1. The van der Waals surface area contributed by atoms with E-state index in [9.17, 15) is 0 Å². The van der Waals surface area contributed by atoms with Crippen molar-refractivity contribution in [2.75, 3.05) is 7.05 Å². The predicted molar refractivity (Wildman–Crippen MR) is 41.0 cm³/mol. The van der Waals surface area contributed by atoms with E-state index in [1.54, 1.807) is 7.05 Å². The molecule has 0 aromatic rings. The first-order chi connectivity index (χ1) is 3.31. The molecule has 0 aliphatic carbocycles. The van der Waals surface area contributed by atoms with Crippen molar-refractivity contribution in [2.45, 2.75) is 13.0 Å². The van der Waals surface area contributed by atoms with E-state index in [1.165, 1.54) is 0 Å². The Balaban J connectivity index is 3.16. The smallest absolute Gasteiger partial charge is 0.0483 e. The highest BCUT2D eigenvalue weighted by Gasteiger charge is 1.86. The van der Waals surface area contributed by atoms with Crippen LogP contribution < -0.4 is 3.53 Å². The molecule has 42 valence electrons. The van der Waals surface area contributed by atoms with Crippen molar-refractivity contribution in [2.24, 2.45) is 4.99 Å². The van der Waals surface area contributed by atoms with Crippen LogP contribution in [0.1, 0.15) is 6.92 Å². The molecule has 0 radical (unpaired) electrons. The lowest BCUT2D eigenvalue weighted by Crippen LogP contribution is -2.16. The molecule has 7 heavy (non-hydrogen) atoms. The summed E-state index contributed by atoms with van der Waals surface area (Å²) in [5.41, 5.74) is 0. The van der Waals surface area contributed by atoms with Crippen molar-refractivity contribution < 1.29 is 0 Å². The van der Waals surface area contributed by atoms with E-state index >= 15 is 0 Å². The second kappa shape index (κ2) is 4.52. The minimum Gasteiger partial charge on any atom is -0.299 e. The molecular formula is C4H9IN2. The second-order valence-corrected chi connectivity index (χ2v) is 1.93. The largest absolute Gasteiger partial charge is 0.299 e. The Labute approximate surface area is 57.9 Å². The topological polar surface area (TPSA) is 24.4 Å². The van der Waals surface area contributed by atoms with Gasteiger partial charge in [0.15, 0.2) is 0 Å². The fraction of sp³-hybridized carbons (Fsp3) is 0.750. The number of hydrogen-bond acceptors (Lipinski definition) is 2. The maximum absolute atomic E-state index is 3.81. The lowest BCUT2D eigenvalue weighted by molar-refractivity contribution is 0.942. The Morgan fingerprint density at radius 1 is 1.86 bits per heavy atom. The Kier molecular flexibility index (Phi) is 4.75. The molecule has 1 N–H and O–H groups in total. The lowest BCUT2D eigenvalue weighted by Gasteiger charge is -1.96. The molecule has 3 heteroatoms. The van der Waals surface area contributed by atoms with Crippen molar-refractivity contribution in [3.8, 4) is 0 Å². The third-order valence-corrected chi connectivity index (χ3v) is 1.53. The molecule has 0 saturated heterocycles. The van der Waals surface area contributed by atoms with Gasteiger partial charge in [0, 0.05) is 42.2 Å². The van der Waals surface area contributed by atoms with Gasteiger partial charge in [-0.1, -0.05) is 0 Å². The molecule has 0 aromatic carbocycles. The summed E-state index contributed by atoms with van der Waals surface area (Å²) in [7, 11) is 1.77. The van der Waals surface area contributed by atoms with Crippen molar-refractivity contribution in [3.63, 3.8) is 0 Å². The summed E-state index contributed by atoms with van der Waals surface area (Å²) in [6.07, 6.45) is 1.85. The first-order valence-electron chi connectivity index (χ1n) is 2.09. The molecule has 0 amide bonds. The molecular weight excluding hydrogens is 203 g/mol. The highest BCUT2D eigenvalue weighted by molar-refractivity contribution is 14.1. The normalized spacial score (nSPS) is 15.3. The predicted octanol–water partition coefficient (Wildman–Crippen LogP) is 1.02. The first-order valence-corrected chi connectivity index (χ1v) is 3.17. The van der Waals surface area contributed by atoms with E-state index in [2.05, 4.69) is 31.4 Å². The Morgan fingerprint density at radius 3 is 2.57 bits per heavy atom. The van der Waals surface area contributed by atoms with E-state index < -0.39 is 0 Å². The highest BCUT2D eigenvalue weighted by Crippen LogP contribution is 1.78. The van der Waals surface area contributed by atoms with Crippen LogP contribution in [0.4, 0.5) is 0 Å². The minimum absolute atomic E-state index is 0.394. The molecule has 0 rings (SSSR count). The minimum atomic E-state index is 0.394. The zero-order valence-corrected chi connectivity index (χ0v) is 6.64. The molecule has 1 atom stereocenters. The van der Waals surface area contributed by atoms with Crippen molar-refractivity contribution >= 4 is 29.1 Å². The average Bonchev–Trinajstić information content (AvgIpc) is 1.68. The zero-order chi connectivity index (χ0) is 5.70. The maximum Gasteiger partial charge on any atom is 0.0483 e. The van der Waals surface area contributed by atoms with Crippen LogP contribution in [0.2, 0.25) is 0 Å². The van der Waals surface area contributed by atoms with Crippen LogP contribution in [-0.2, 0) is 0 Å². The summed E-state index contributed by atoms with van der Waals surface area (Å²) in [5.74, 6) is 0. The molecule has 0 heterocycles. The van der Waals surface area contributed by atoms with Crippen molar-refractivity contribution in [1.29, 1.82) is 0 Å². The van der Waals surface area contributed by atoms with Gasteiger partial charge in [-0.2, -0.15) is 0 Å². The Morgan fingerprint density at radius 2 is 2.43 bits per heavy atom. The van der Waals surface area contributed by atoms with Gasteiger partial charge in [0.05, 0.1) is 0 Å². The zero-order valence-electron chi connectivity index (χ0n) is 4.48. The van der Waals surface area contributed by atoms with Gasteiger partial charge in [-0.25, -0.2) is 0 Å². The number of halogens is 1. The lowest BCUT2D eigenvalue weighted by atomic mass is 10.4. The quantitative estimate of drug-likeness (QED) is 0.412. The molecule has 0 unspecified atom stereocenters. The molecule has 0 aromatic heterocycles. The first kappa shape index (κ1) is 7.36. The van der Waals surface area contributed by atoms with Gasteiger partial charge in [0.2, 0.25) is 0 Å². The van der Waals surface area contributed by atoms with Crippen LogP contribution >= 0.6 is 22.9 Å². The summed E-state index contributed by atoms with van der Waals surface area (Å²) in [4.78, 5) is 3.81. The SMILES string of the molecule is C/N=C\[C@@H](C)NI. The van der Waals surface area contributed by atoms with Gasteiger partial charge in [-0.15, -0.1) is 0 Å². The van der Waals surface area contributed by atoms with Crippen LogP contribution in [0, 0.1) is 0 Å². The summed E-state index contributed by atoms with van der Waals surface area (Å²) >= 11 is 2.10.